The van der Waals surface area contributed by atoms with Crippen LogP contribution in [0.1, 0.15) is 25.7 Å². The van der Waals surface area contributed by atoms with E-state index < -0.39 is 0 Å². The molecule has 0 atom stereocenters. The number of carbonyl (C=O) groups is 1. The lowest BCUT2D eigenvalue weighted by Crippen LogP contribution is -2.36. The number of amides is 1. The maximum Gasteiger partial charge on any atom is 0.258 e. The van der Waals surface area contributed by atoms with Gasteiger partial charge in [0.15, 0.2) is 6.61 Å². The molecule has 0 aliphatic heterocycles. The first kappa shape index (κ1) is 17.3. The second-order valence-electron chi connectivity index (χ2n) is 6.64. The molecule has 3 aromatic rings. The molecule has 1 saturated carbocycles. The molecule has 0 spiro atoms. The average Bonchev–Trinajstić information content (AvgIpc) is 3.40. The highest BCUT2D eigenvalue weighted by Crippen LogP contribution is 2.25. The summed E-state index contributed by atoms with van der Waals surface area (Å²) in [5, 5.41) is 11.2. The topological polar surface area (TPSA) is 77.2 Å². The first-order chi connectivity index (χ1) is 13.3. The summed E-state index contributed by atoms with van der Waals surface area (Å²) in [6, 6.07) is 17.2. The molecule has 1 aliphatic carbocycles. The fraction of sp³-hybridized carbons (Fsp3) is 0.286. The van der Waals surface area contributed by atoms with Crippen molar-refractivity contribution in [3.63, 3.8) is 0 Å². The van der Waals surface area contributed by atoms with Gasteiger partial charge in [0.25, 0.3) is 5.91 Å². The quantitative estimate of drug-likeness (QED) is 0.720. The summed E-state index contributed by atoms with van der Waals surface area (Å²) in [7, 11) is 0. The summed E-state index contributed by atoms with van der Waals surface area (Å²) >= 11 is 0. The molecule has 1 fully saturated rings. The van der Waals surface area contributed by atoms with Crippen LogP contribution >= 0.6 is 0 Å². The highest BCUT2D eigenvalue weighted by atomic mass is 16.5. The molecule has 1 aromatic heterocycles. The van der Waals surface area contributed by atoms with Crippen LogP contribution in [0, 0.1) is 0 Å². The van der Waals surface area contributed by atoms with Crippen molar-refractivity contribution in [2.75, 3.05) is 6.61 Å². The smallest absolute Gasteiger partial charge is 0.258 e. The van der Waals surface area contributed by atoms with Crippen molar-refractivity contribution in [3.8, 4) is 28.7 Å². The van der Waals surface area contributed by atoms with Crippen molar-refractivity contribution in [2.45, 2.75) is 31.7 Å². The molecular formula is C21H21N3O3. The van der Waals surface area contributed by atoms with Gasteiger partial charge in [-0.05, 0) is 49.2 Å². The van der Waals surface area contributed by atoms with Crippen LogP contribution < -0.4 is 10.1 Å². The van der Waals surface area contributed by atoms with Crippen molar-refractivity contribution >= 4 is 5.91 Å². The normalized spacial score (nSPS) is 14.2. The number of nitrogens with one attached hydrogen (secondary N) is 1. The molecule has 2 aromatic carbocycles. The van der Waals surface area contributed by atoms with Gasteiger partial charge < -0.3 is 14.5 Å². The number of benzene rings is 2. The standard InChI is InChI=1S/C21H21N3O3/c25-19(22-17-8-4-5-9-17)14-26-18-12-10-16(11-13-18)21-24-23-20(27-21)15-6-2-1-3-7-15/h1-3,6-7,10-13,17H,4-5,8-9,14H2,(H,22,25). The number of ether oxygens (including phenoxy) is 1. The lowest BCUT2D eigenvalue weighted by Gasteiger charge is -2.12. The van der Waals surface area contributed by atoms with Crippen molar-refractivity contribution in [1.29, 1.82) is 0 Å². The Bertz CT molecular complexity index is 885. The lowest BCUT2D eigenvalue weighted by atomic mass is 10.2. The molecule has 1 N–H and O–H groups in total. The van der Waals surface area contributed by atoms with Crippen LogP contribution in [0.25, 0.3) is 22.9 Å². The van der Waals surface area contributed by atoms with Gasteiger partial charge in [-0.1, -0.05) is 31.0 Å². The maximum atomic E-state index is 11.9. The van der Waals surface area contributed by atoms with Crippen LogP contribution in [-0.4, -0.2) is 28.8 Å². The third-order valence-electron chi connectivity index (χ3n) is 4.64. The van der Waals surface area contributed by atoms with E-state index in [1.165, 1.54) is 12.8 Å². The van der Waals surface area contributed by atoms with Crippen LogP contribution in [-0.2, 0) is 4.79 Å². The summed E-state index contributed by atoms with van der Waals surface area (Å²) in [4.78, 5) is 11.9. The van der Waals surface area contributed by atoms with Gasteiger partial charge in [0, 0.05) is 17.2 Å². The highest BCUT2D eigenvalue weighted by Gasteiger charge is 2.17. The zero-order chi connectivity index (χ0) is 18.5. The van der Waals surface area contributed by atoms with Gasteiger partial charge in [0.1, 0.15) is 5.75 Å². The molecule has 138 valence electrons. The minimum absolute atomic E-state index is 0.0224. The summed E-state index contributed by atoms with van der Waals surface area (Å²) in [6.45, 7) is 0.0224. The SMILES string of the molecule is O=C(COc1ccc(-c2nnc(-c3ccccc3)o2)cc1)NC1CCCC1. The molecule has 1 heterocycles. The van der Waals surface area contributed by atoms with Crippen LogP contribution in [0.3, 0.4) is 0 Å². The van der Waals surface area contributed by atoms with Gasteiger partial charge >= 0.3 is 0 Å². The van der Waals surface area contributed by atoms with Gasteiger partial charge in [-0.15, -0.1) is 10.2 Å². The van der Waals surface area contributed by atoms with Crippen LogP contribution in [0.15, 0.2) is 59.0 Å². The van der Waals surface area contributed by atoms with Crippen molar-refractivity contribution in [1.82, 2.24) is 15.5 Å². The molecule has 1 amide bonds. The van der Waals surface area contributed by atoms with Crippen LogP contribution in [0.4, 0.5) is 0 Å². The largest absolute Gasteiger partial charge is 0.484 e. The predicted molar refractivity (Wildman–Crippen MR) is 101 cm³/mol. The number of carbonyl (C=O) groups excluding carboxylic acids is 1. The molecular weight excluding hydrogens is 342 g/mol. The number of rotatable bonds is 6. The molecule has 0 saturated heterocycles. The Morgan fingerprint density at radius 1 is 0.963 bits per heavy atom. The fourth-order valence-corrected chi connectivity index (χ4v) is 3.22. The van der Waals surface area contributed by atoms with E-state index in [4.69, 9.17) is 9.15 Å². The number of hydrogen-bond acceptors (Lipinski definition) is 5. The molecule has 6 heteroatoms. The molecule has 27 heavy (non-hydrogen) atoms. The second kappa shape index (κ2) is 8.03. The number of aromatic nitrogens is 2. The van der Waals surface area contributed by atoms with E-state index in [2.05, 4.69) is 15.5 Å². The Morgan fingerprint density at radius 3 is 2.26 bits per heavy atom. The molecule has 1 aliphatic rings. The Hall–Kier alpha value is -3.15. The maximum absolute atomic E-state index is 11.9. The molecule has 0 unspecified atom stereocenters. The van der Waals surface area contributed by atoms with Crippen molar-refractivity contribution in [3.05, 3.63) is 54.6 Å². The first-order valence-electron chi connectivity index (χ1n) is 9.19. The average molecular weight is 363 g/mol. The zero-order valence-electron chi connectivity index (χ0n) is 14.9. The Balaban J connectivity index is 1.35. The lowest BCUT2D eigenvalue weighted by molar-refractivity contribution is -0.123. The van der Waals surface area contributed by atoms with Gasteiger partial charge in [0.05, 0.1) is 0 Å². The van der Waals surface area contributed by atoms with E-state index in [1.54, 1.807) is 12.1 Å². The fourth-order valence-electron chi connectivity index (χ4n) is 3.22. The summed E-state index contributed by atoms with van der Waals surface area (Å²) in [5.74, 6) is 1.48. The Labute approximate surface area is 157 Å². The van der Waals surface area contributed by atoms with Crippen LogP contribution in [0.2, 0.25) is 0 Å². The first-order valence-corrected chi connectivity index (χ1v) is 9.19. The number of nitrogens with zero attached hydrogens (tertiary/aromatic N) is 2. The van der Waals surface area contributed by atoms with Crippen molar-refractivity contribution < 1.29 is 13.9 Å². The highest BCUT2D eigenvalue weighted by molar-refractivity contribution is 5.77. The van der Waals surface area contributed by atoms with Crippen molar-refractivity contribution in [2.24, 2.45) is 0 Å². The van der Waals surface area contributed by atoms with Gasteiger partial charge in [0.2, 0.25) is 11.8 Å². The zero-order valence-corrected chi connectivity index (χ0v) is 14.9. The van der Waals surface area contributed by atoms with E-state index in [0.29, 0.717) is 23.6 Å². The summed E-state index contributed by atoms with van der Waals surface area (Å²) < 4.78 is 11.3. The molecule has 6 nitrogen and oxygen atoms in total. The third-order valence-corrected chi connectivity index (χ3v) is 4.64. The monoisotopic (exact) mass is 363 g/mol. The van der Waals surface area contributed by atoms with Gasteiger partial charge in [-0.3, -0.25) is 4.79 Å². The molecule has 4 rings (SSSR count). The minimum atomic E-state index is -0.0737. The second-order valence-corrected chi connectivity index (χ2v) is 6.64. The Kier molecular flexibility index (Phi) is 5.14. The van der Waals surface area contributed by atoms with E-state index in [0.717, 1.165) is 24.0 Å². The minimum Gasteiger partial charge on any atom is -0.484 e. The summed E-state index contributed by atoms with van der Waals surface area (Å²) in [5.41, 5.74) is 1.68. The van der Waals surface area contributed by atoms with Crippen LogP contribution in [0.5, 0.6) is 5.75 Å². The summed E-state index contributed by atoms with van der Waals surface area (Å²) in [6.07, 6.45) is 4.51. The van der Waals surface area contributed by atoms with E-state index in [-0.39, 0.29) is 12.5 Å². The molecule has 0 radical (unpaired) electrons. The Morgan fingerprint density at radius 2 is 1.59 bits per heavy atom. The third kappa shape index (κ3) is 4.34. The van der Waals surface area contributed by atoms with Gasteiger partial charge in [-0.25, -0.2) is 0 Å². The van der Waals surface area contributed by atoms with E-state index in [1.807, 2.05) is 42.5 Å². The van der Waals surface area contributed by atoms with Gasteiger partial charge in [-0.2, -0.15) is 0 Å². The molecule has 0 bridgehead atoms. The van der Waals surface area contributed by atoms with E-state index in [9.17, 15) is 4.79 Å². The number of hydrogen-bond donors (Lipinski definition) is 1. The predicted octanol–water partition coefficient (Wildman–Crippen LogP) is 3.84. The van der Waals surface area contributed by atoms with E-state index >= 15 is 0 Å².